The van der Waals surface area contributed by atoms with Crippen LogP contribution in [0.15, 0.2) is 79.4 Å². The fourth-order valence-corrected chi connectivity index (χ4v) is 5.39. The molecule has 0 saturated heterocycles. The molecule has 0 fully saturated rings. The van der Waals surface area contributed by atoms with E-state index < -0.39 is 10.8 Å². The number of quaternary nitrogens is 1. The van der Waals surface area contributed by atoms with E-state index in [-0.39, 0.29) is 18.0 Å². The number of pyridine rings is 2. The van der Waals surface area contributed by atoms with Gasteiger partial charge in [-0.1, -0.05) is 17.7 Å². The smallest absolute Gasteiger partial charge is 0.390 e. The molecule has 14 nitrogen and oxygen atoms in total. The molecule has 5 aromatic rings. The Hall–Kier alpha value is -6.04. The number of amides is 1. The third-order valence-electron chi connectivity index (χ3n) is 7.61. The zero-order valence-electron chi connectivity index (χ0n) is 27.9. The van der Waals surface area contributed by atoms with Crippen LogP contribution in [-0.4, -0.2) is 62.1 Å². The Morgan fingerprint density at radius 3 is 2.66 bits per heavy atom. The molecule has 0 radical (unpaired) electrons. The number of fused-ring (bicyclic) bond motifs is 1. The fraction of sp³-hybridized carbons (Fsp3) is 0.229. The second-order valence-corrected chi connectivity index (χ2v) is 12.3. The van der Waals surface area contributed by atoms with Gasteiger partial charge in [0.05, 0.1) is 60.4 Å². The molecule has 1 amide bonds. The van der Waals surface area contributed by atoms with Crippen molar-refractivity contribution in [1.29, 1.82) is 5.26 Å². The first-order chi connectivity index (χ1) is 24.0. The van der Waals surface area contributed by atoms with Gasteiger partial charge in [-0.15, -0.1) is 0 Å². The van der Waals surface area contributed by atoms with Crippen LogP contribution < -0.4 is 20.1 Å². The number of benzene rings is 2. The fourth-order valence-electron chi connectivity index (χ4n) is 5.15. The lowest BCUT2D eigenvalue weighted by Crippen LogP contribution is -2.39. The summed E-state index contributed by atoms with van der Waals surface area (Å²) in [4.78, 5) is 36.6. The lowest BCUT2D eigenvalue weighted by molar-refractivity contribution is -0.898. The highest BCUT2D eigenvalue weighted by atomic mass is 35.5. The van der Waals surface area contributed by atoms with Gasteiger partial charge in [0.2, 0.25) is 12.2 Å². The summed E-state index contributed by atoms with van der Waals surface area (Å²) in [7, 11) is 5.51. The Bertz CT molecular complexity index is 2110. The van der Waals surface area contributed by atoms with Crippen molar-refractivity contribution in [2.24, 2.45) is 7.05 Å². The van der Waals surface area contributed by atoms with Crippen molar-refractivity contribution in [2.45, 2.75) is 20.1 Å². The van der Waals surface area contributed by atoms with Gasteiger partial charge in [0, 0.05) is 42.7 Å². The lowest BCUT2D eigenvalue weighted by Gasteiger charge is -2.28. The predicted octanol–water partition coefficient (Wildman–Crippen LogP) is 6.29. The summed E-state index contributed by atoms with van der Waals surface area (Å²) in [5.74, 6) is 0.280. The largest absolute Gasteiger partial charge is 0.492 e. The molecule has 256 valence electrons. The number of ether oxygens (including phenoxy) is 2. The summed E-state index contributed by atoms with van der Waals surface area (Å²) < 4.78 is 13.6. The second kappa shape index (κ2) is 15.5. The molecular weight excluding hydrogens is 662 g/mol. The monoisotopic (exact) mass is 696 g/mol. The van der Waals surface area contributed by atoms with Gasteiger partial charge in [0.1, 0.15) is 30.7 Å². The highest BCUT2D eigenvalue weighted by Crippen LogP contribution is 2.37. The molecule has 0 aliphatic rings. The predicted molar refractivity (Wildman–Crippen MR) is 189 cm³/mol. The van der Waals surface area contributed by atoms with Crippen molar-refractivity contribution in [2.75, 3.05) is 37.9 Å². The van der Waals surface area contributed by atoms with Crippen LogP contribution in [0.25, 0.3) is 10.9 Å². The van der Waals surface area contributed by atoms with Crippen LogP contribution >= 0.6 is 11.6 Å². The van der Waals surface area contributed by atoms with E-state index in [4.69, 9.17) is 21.1 Å². The van der Waals surface area contributed by atoms with Gasteiger partial charge < -0.3 is 39.3 Å². The molecule has 0 aliphatic heterocycles. The maximum atomic E-state index is 13.1. The van der Waals surface area contributed by atoms with E-state index >= 15 is 0 Å². The van der Waals surface area contributed by atoms with Gasteiger partial charge in [-0.3, -0.25) is 14.8 Å². The van der Waals surface area contributed by atoms with Crippen molar-refractivity contribution < 1.29 is 23.7 Å². The average Bonchev–Trinajstić information content (AvgIpc) is 3.44. The molecule has 15 heteroatoms. The van der Waals surface area contributed by atoms with Crippen molar-refractivity contribution >= 4 is 51.3 Å². The molecule has 2 N–H and O–H groups in total. The molecule has 0 aliphatic carbocycles. The lowest BCUT2D eigenvalue weighted by atomic mass is 10.1. The molecule has 0 bridgehead atoms. The van der Waals surface area contributed by atoms with Gasteiger partial charge in [-0.25, -0.2) is 0 Å². The first-order valence-corrected chi connectivity index (χ1v) is 15.9. The molecule has 0 atom stereocenters. The standard InChI is InChI=1S/C35H34ClN9O5/c1-5-49-32-17-28-26(16-29(32)42-33(46)10-8-14-45(3,4)20-30-35(44(47)48)40-22-43(30)2)34(23(18-37)19-39-28)41-24-11-12-31(27(36)15-24)50-21-25-9-6-7-13-38-25/h6-13,15-17,19,22H,5,14,20-21H2,1-4H3,(H-,39,41,42,46)/p+1/b10-8+. The number of aryl methyl sites for hydroxylation is 1. The van der Waals surface area contributed by atoms with E-state index in [2.05, 4.69) is 31.7 Å². The number of nitriles is 1. The zero-order valence-corrected chi connectivity index (χ0v) is 28.6. The number of nitrogens with zero attached hydrogens (tertiary/aromatic N) is 7. The van der Waals surface area contributed by atoms with Crippen molar-refractivity contribution in [3.05, 3.63) is 111 Å². The van der Waals surface area contributed by atoms with E-state index in [1.807, 2.05) is 39.2 Å². The summed E-state index contributed by atoms with van der Waals surface area (Å²) in [6.07, 6.45) is 7.68. The molecule has 3 heterocycles. The minimum Gasteiger partial charge on any atom is -0.492 e. The van der Waals surface area contributed by atoms with Gasteiger partial charge in [0.25, 0.3) is 0 Å². The number of hydrogen-bond donors (Lipinski definition) is 2. The quantitative estimate of drug-likeness (QED) is 0.0582. The Balaban J connectivity index is 1.36. The van der Waals surface area contributed by atoms with Crippen LogP contribution in [0.4, 0.5) is 22.9 Å². The van der Waals surface area contributed by atoms with Crippen LogP contribution in [0, 0.1) is 21.4 Å². The van der Waals surface area contributed by atoms with Crippen molar-refractivity contribution in [3.63, 3.8) is 0 Å². The van der Waals surface area contributed by atoms with Gasteiger partial charge >= 0.3 is 5.82 Å². The van der Waals surface area contributed by atoms with Crippen LogP contribution in [0.2, 0.25) is 5.02 Å². The molecule has 5 rings (SSSR count). The summed E-state index contributed by atoms with van der Waals surface area (Å²) in [6, 6.07) is 16.3. The molecule has 3 aromatic heterocycles. The first-order valence-electron chi connectivity index (χ1n) is 15.5. The minimum absolute atomic E-state index is 0.186. The van der Waals surface area contributed by atoms with E-state index in [1.165, 1.54) is 18.6 Å². The third-order valence-corrected chi connectivity index (χ3v) is 7.90. The maximum Gasteiger partial charge on any atom is 0.390 e. The van der Waals surface area contributed by atoms with E-state index in [0.717, 1.165) is 5.69 Å². The number of imidazole rings is 1. The highest BCUT2D eigenvalue weighted by molar-refractivity contribution is 6.32. The van der Waals surface area contributed by atoms with E-state index in [9.17, 15) is 20.2 Å². The number of carbonyl (C=O) groups excluding carboxylic acids is 1. The molecular formula is C35H35ClN9O5+. The minimum atomic E-state index is -0.500. The van der Waals surface area contributed by atoms with E-state index in [1.54, 1.807) is 54.2 Å². The Morgan fingerprint density at radius 1 is 1.14 bits per heavy atom. The zero-order chi connectivity index (χ0) is 35.8. The number of aromatic nitrogens is 4. The number of likely N-dealkylation sites (N-methyl/N-ethyl adjacent to an activating group) is 1. The highest BCUT2D eigenvalue weighted by Gasteiger charge is 2.27. The summed E-state index contributed by atoms with van der Waals surface area (Å²) >= 11 is 6.56. The van der Waals surface area contributed by atoms with Crippen LogP contribution in [0.5, 0.6) is 11.5 Å². The number of nitrogens with one attached hydrogen (secondary N) is 2. The number of halogens is 1. The Kier molecular flexibility index (Phi) is 10.9. The first kappa shape index (κ1) is 35.3. The van der Waals surface area contributed by atoms with Gasteiger partial charge in [0.15, 0.2) is 5.69 Å². The molecule has 0 unspecified atom stereocenters. The number of nitro groups is 1. The summed E-state index contributed by atoms with van der Waals surface area (Å²) in [5, 5.41) is 28.5. The second-order valence-electron chi connectivity index (χ2n) is 11.9. The SMILES string of the molecule is CCOc1cc2ncc(C#N)c(Nc3ccc(OCc4ccccn4)c(Cl)c3)c2cc1NC(=O)/C=C/C[N+](C)(C)Cc1c([N+](=O)[O-])ncn1C. The normalized spacial score (nSPS) is 11.4. The van der Waals surface area contributed by atoms with Crippen LogP contribution in [0.3, 0.4) is 0 Å². The van der Waals surface area contributed by atoms with E-state index in [0.29, 0.717) is 74.4 Å². The van der Waals surface area contributed by atoms with Crippen molar-refractivity contribution in [3.8, 4) is 17.6 Å². The van der Waals surface area contributed by atoms with Crippen LogP contribution in [-0.2, 0) is 25.0 Å². The average molecular weight is 697 g/mol. The Labute approximate surface area is 293 Å². The number of hydrogen-bond acceptors (Lipinski definition) is 10. The molecule has 50 heavy (non-hydrogen) atoms. The van der Waals surface area contributed by atoms with Crippen LogP contribution in [0.1, 0.15) is 23.9 Å². The number of carbonyl (C=O) groups is 1. The molecule has 2 aromatic carbocycles. The summed E-state index contributed by atoms with van der Waals surface area (Å²) in [5.41, 5.74) is 3.50. The molecule has 0 spiro atoms. The maximum absolute atomic E-state index is 13.1. The van der Waals surface area contributed by atoms with Gasteiger partial charge in [-0.2, -0.15) is 5.26 Å². The van der Waals surface area contributed by atoms with Gasteiger partial charge in [-0.05, 0) is 59.3 Å². The van der Waals surface area contributed by atoms with Crippen molar-refractivity contribution in [1.82, 2.24) is 19.5 Å². The third kappa shape index (κ3) is 8.51. The topological polar surface area (TPSA) is 170 Å². The molecule has 0 saturated carbocycles. The Morgan fingerprint density at radius 2 is 1.96 bits per heavy atom. The number of anilines is 3. The summed E-state index contributed by atoms with van der Waals surface area (Å²) in [6.45, 7) is 3.15. The number of rotatable bonds is 14.